The van der Waals surface area contributed by atoms with Gasteiger partial charge in [0.25, 0.3) is 0 Å². The summed E-state index contributed by atoms with van der Waals surface area (Å²) in [6.45, 7) is 0. The average molecular weight is 210 g/mol. The van der Waals surface area contributed by atoms with E-state index >= 15 is 0 Å². The van der Waals surface area contributed by atoms with E-state index in [0.717, 1.165) is 0 Å². The van der Waals surface area contributed by atoms with E-state index in [1.54, 1.807) is 12.4 Å². The van der Waals surface area contributed by atoms with Crippen molar-refractivity contribution in [1.82, 2.24) is 0 Å². The van der Waals surface area contributed by atoms with Gasteiger partial charge in [-0.1, -0.05) is 0 Å². The number of halogens is 1. The van der Waals surface area contributed by atoms with Gasteiger partial charge in [0.1, 0.15) is 6.04 Å². The molecule has 0 aliphatic heterocycles. The number of hydrogen-bond acceptors (Lipinski definition) is 2. The Labute approximate surface area is 67.2 Å². The fourth-order valence-corrected chi connectivity index (χ4v) is 0.624. The quantitative estimate of drug-likeness (QED) is 0.513. The van der Waals surface area contributed by atoms with E-state index in [0.29, 0.717) is 4.61 Å². The third-order valence-electron chi connectivity index (χ3n) is 0.900. The van der Waals surface area contributed by atoms with Crippen molar-refractivity contribution in [2.45, 2.75) is 6.04 Å². The van der Waals surface area contributed by atoms with Crippen molar-refractivity contribution >= 4 is 21.9 Å². The number of nitrogens with two attached hydrogens (primary N) is 2. The van der Waals surface area contributed by atoms with Gasteiger partial charge in [-0.05, 0) is 0 Å². The van der Waals surface area contributed by atoms with Gasteiger partial charge in [0.05, 0.1) is 7.05 Å². The minimum atomic E-state index is -1.03. The number of hydrogen-bond donors (Lipinski definition) is 3. The largest absolute Gasteiger partial charge is 0.480 e. The molecule has 10 heavy (non-hydrogen) atoms. The van der Waals surface area contributed by atoms with Crippen molar-refractivity contribution in [3.8, 4) is 0 Å². The predicted molar refractivity (Wildman–Crippen MR) is 40.5 cm³/mol. The van der Waals surface area contributed by atoms with E-state index in [2.05, 4.69) is 15.9 Å². The molecule has 0 bridgehead atoms. The highest BCUT2D eigenvalue weighted by atomic mass is 79.9. The highest BCUT2D eigenvalue weighted by molar-refractivity contribution is 9.11. The summed E-state index contributed by atoms with van der Waals surface area (Å²) in [6, 6.07) is -0.925. The Balaban J connectivity index is 3.99. The molecule has 0 saturated carbocycles. The summed E-state index contributed by atoms with van der Waals surface area (Å²) in [6.07, 6.45) is 1.42. The fourth-order valence-electron chi connectivity index (χ4n) is 0.339. The number of rotatable bonds is 3. The van der Waals surface area contributed by atoms with Crippen LogP contribution in [0.15, 0.2) is 10.7 Å². The molecule has 0 fully saturated rings. The van der Waals surface area contributed by atoms with Crippen molar-refractivity contribution < 1.29 is 15.2 Å². The van der Waals surface area contributed by atoms with Crippen molar-refractivity contribution in [2.75, 3.05) is 7.05 Å². The molecule has 0 amide bonds. The molecule has 0 spiro atoms. The zero-order valence-electron chi connectivity index (χ0n) is 5.54. The van der Waals surface area contributed by atoms with Crippen LogP contribution in [0.4, 0.5) is 0 Å². The van der Waals surface area contributed by atoms with Crippen molar-refractivity contribution in [1.29, 1.82) is 0 Å². The monoisotopic (exact) mass is 209 g/mol. The molecule has 0 aromatic rings. The van der Waals surface area contributed by atoms with Gasteiger partial charge in [-0.2, -0.15) is 0 Å². The Kier molecular flexibility index (Phi) is 4.26. The minimum Gasteiger partial charge on any atom is -0.480 e. The van der Waals surface area contributed by atoms with Gasteiger partial charge in [-0.3, -0.25) is 4.79 Å². The van der Waals surface area contributed by atoms with Crippen LogP contribution < -0.4 is 11.1 Å². The summed E-state index contributed by atoms with van der Waals surface area (Å²) in [7, 11) is 1.79. The standard InChI is InChI=1S/C5H9BrN2O2/c1-8-4(6)2-3(7)5(9)10/h2-3,8H,7H2,1H3,(H,9,10)/p+1/b4-2-. The highest BCUT2D eigenvalue weighted by Gasteiger charge is 2.08. The molecule has 1 unspecified atom stereocenters. The van der Waals surface area contributed by atoms with Gasteiger partial charge in [0.15, 0.2) is 4.61 Å². The molecule has 0 saturated heterocycles. The lowest BCUT2D eigenvalue weighted by Crippen LogP contribution is -2.76. The summed E-state index contributed by atoms with van der Waals surface area (Å²) < 4.78 is 0.697. The van der Waals surface area contributed by atoms with Crippen molar-refractivity contribution in [3.05, 3.63) is 10.7 Å². The van der Waals surface area contributed by atoms with E-state index in [-0.39, 0.29) is 0 Å². The molecule has 0 heterocycles. The van der Waals surface area contributed by atoms with E-state index in [4.69, 9.17) is 10.8 Å². The van der Waals surface area contributed by atoms with Crippen LogP contribution in [0, 0.1) is 0 Å². The van der Waals surface area contributed by atoms with Gasteiger partial charge in [-0.15, -0.1) is 0 Å². The molecule has 58 valence electrons. The molecule has 1 atom stereocenters. The highest BCUT2D eigenvalue weighted by Crippen LogP contribution is 1.93. The third kappa shape index (κ3) is 3.60. The summed E-state index contributed by atoms with van der Waals surface area (Å²) >= 11 is 3.11. The maximum absolute atomic E-state index is 10.1. The third-order valence-corrected chi connectivity index (χ3v) is 1.62. The Morgan fingerprint density at radius 3 is 2.70 bits per heavy atom. The number of carboxylic acids is 1. The van der Waals surface area contributed by atoms with Gasteiger partial charge in [-0.25, -0.2) is 0 Å². The zero-order chi connectivity index (χ0) is 8.15. The van der Waals surface area contributed by atoms with Crippen LogP contribution in [0.1, 0.15) is 0 Å². The average Bonchev–Trinajstić information content (AvgIpc) is 1.87. The molecule has 5 heteroatoms. The Hall–Kier alpha value is -0.390. The van der Waals surface area contributed by atoms with Gasteiger partial charge in [0.2, 0.25) is 0 Å². The van der Waals surface area contributed by atoms with E-state index < -0.39 is 12.0 Å². The maximum Gasteiger partial charge on any atom is 0.324 e. The summed E-state index contributed by atoms with van der Waals surface area (Å²) in [4.78, 5) is 10.1. The summed E-state index contributed by atoms with van der Waals surface area (Å²) in [5.41, 5.74) is 5.17. The molecule has 0 aromatic carbocycles. The van der Waals surface area contributed by atoms with Crippen LogP contribution in [0.25, 0.3) is 0 Å². The number of quaternary nitrogens is 1. The molecule has 0 radical (unpaired) electrons. The van der Waals surface area contributed by atoms with Crippen LogP contribution in [-0.4, -0.2) is 24.2 Å². The number of carboxylic acid groups (broad SMARTS) is 1. The second-order valence-electron chi connectivity index (χ2n) is 1.70. The van der Waals surface area contributed by atoms with Gasteiger partial charge >= 0.3 is 5.97 Å². The number of aliphatic carboxylic acids is 1. The molecule has 0 aliphatic rings. The molecular weight excluding hydrogens is 200 g/mol. The topological polar surface area (TPSA) is 79.9 Å². The van der Waals surface area contributed by atoms with Gasteiger partial charge in [0, 0.05) is 22.0 Å². The van der Waals surface area contributed by atoms with E-state index in [1.807, 2.05) is 0 Å². The fraction of sp³-hybridized carbons (Fsp3) is 0.400. The summed E-state index contributed by atoms with van der Waals surface area (Å²) in [5, 5.41) is 10.0. The lowest BCUT2D eigenvalue weighted by atomic mass is 10.3. The molecule has 0 rings (SSSR count). The Morgan fingerprint density at radius 1 is 1.90 bits per heavy atom. The Morgan fingerprint density at radius 2 is 2.40 bits per heavy atom. The van der Waals surface area contributed by atoms with Crippen LogP contribution >= 0.6 is 15.9 Å². The van der Waals surface area contributed by atoms with Crippen LogP contribution in [0.5, 0.6) is 0 Å². The molecular formula is C5H10BrN2O2+. The zero-order valence-corrected chi connectivity index (χ0v) is 7.13. The van der Waals surface area contributed by atoms with Crippen molar-refractivity contribution in [3.63, 3.8) is 0 Å². The second-order valence-corrected chi connectivity index (χ2v) is 2.62. The van der Waals surface area contributed by atoms with Crippen LogP contribution in [0.2, 0.25) is 0 Å². The van der Waals surface area contributed by atoms with Crippen LogP contribution in [0.3, 0.4) is 0 Å². The maximum atomic E-state index is 10.1. The first-order chi connectivity index (χ1) is 4.57. The molecule has 0 aliphatic carbocycles. The Bertz CT molecular complexity index is 158. The number of carbonyl (C=O) groups is 1. The SMILES string of the molecule is C[NH2+]/C(Br)=C\C(N)C(=O)O. The predicted octanol–water partition coefficient (Wildman–Crippen LogP) is -1.17. The first kappa shape index (κ1) is 9.61. The first-order valence-electron chi connectivity index (χ1n) is 2.73. The molecule has 5 N–H and O–H groups in total. The molecule has 4 nitrogen and oxygen atoms in total. The van der Waals surface area contributed by atoms with Gasteiger partial charge < -0.3 is 16.2 Å². The second kappa shape index (κ2) is 4.43. The van der Waals surface area contributed by atoms with Crippen molar-refractivity contribution in [2.24, 2.45) is 5.73 Å². The lowest BCUT2D eigenvalue weighted by Gasteiger charge is -1.97. The molecule has 0 aromatic heterocycles. The minimum absolute atomic E-state index is 0.697. The van der Waals surface area contributed by atoms with Crippen LogP contribution in [-0.2, 0) is 4.79 Å². The van der Waals surface area contributed by atoms with E-state index in [1.165, 1.54) is 6.08 Å². The first-order valence-corrected chi connectivity index (χ1v) is 3.52. The lowest BCUT2D eigenvalue weighted by molar-refractivity contribution is -0.562. The van der Waals surface area contributed by atoms with E-state index in [9.17, 15) is 4.79 Å². The normalized spacial score (nSPS) is 14.9. The summed E-state index contributed by atoms with van der Waals surface area (Å²) in [5.74, 6) is -1.03. The smallest absolute Gasteiger partial charge is 0.324 e.